The minimum absolute atomic E-state index is 0.146. The first-order chi connectivity index (χ1) is 12.6. The number of ether oxygens (including phenoxy) is 2. The van der Waals surface area contributed by atoms with Gasteiger partial charge in [0.25, 0.3) is 5.91 Å². The van der Waals surface area contributed by atoms with Crippen molar-refractivity contribution in [2.24, 2.45) is 0 Å². The van der Waals surface area contributed by atoms with E-state index in [1.54, 1.807) is 19.2 Å². The highest BCUT2D eigenvalue weighted by Gasteiger charge is 2.15. The van der Waals surface area contributed by atoms with Crippen molar-refractivity contribution in [3.05, 3.63) is 52.5 Å². The van der Waals surface area contributed by atoms with E-state index in [4.69, 9.17) is 9.47 Å². The summed E-state index contributed by atoms with van der Waals surface area (Å²) in [6, 6.07) is 13.5. The fourth-order valence-corrected chi connectivity index (χ4v) is 3.00. The van der Waals surface area contributed by atoms with E-state index >= 15 is 0 Å². The number of likely N-dealkylation sites (N-methyl/N-ethyl adjacent to an activating group) is 1. The van der Waals surface area contributed by atoms with Crippen molar-refractivity contribution in [2.45, 2.75) is 13.3 Å². The Kier molecular flexibility index (Phi) is 7.78. The number of halogens is 1. The Morgan fingerprint density at radius 3 is 2.62 bits per heavy atom. The van der Waals surface area contributed by atoms with Crippen molar-refractivity contribution in [2.75, 3.05) is 38.8 Å². The van der Waals surface area contributed by atoms with Crippen LogP contribution in [-0.4, -0.2) is 39.8 Å². The van der Waals surface area contributed by atoms with Gasteiger partial charge >= 0.3 is 0 Å². The molecular weight excluding hydrogens is 396 g/mol. The number of anilines is 1. The molecule has 0 bridgehead atoms. The highest BCUT2D eigenvalue weighted by atomic mass is 79.9. The van der Waals surface area contributed by atoms with Gasteiger partial charge in [-0.25, -0.2) is 0 Å². The number of amides is 1. The molecular formula is C20H25BrN2O3. The van der Waals surface area contributed by atoms with Gasteiger partial charge in [0.05, 0.1) is 18.2 Å². The number of nitrogens with zero attached hydrogens (tertiary/aromatic N) is 1. The maximum absolute atomic E-state index is 12.5. The van der Waals surface area contributed by atoms with Crippen molar-refractivity contribution in [1.82, 2.24) is 5.32 Å². The fourth-order valence-electron chi connectivity index (χ4n) is 2.45. The minimum Gasteiger partial charge on any atom is -0.493 e. The first-order valence-corrected chi connectivity index (χ1v) is 9.40. The third kappa shape index (κ3) is 5.39. The third-order valence-corrected chi connectivity index (χ3v) is 4.46. The molecule has 2 aromatic rings. The first-order valence-electron chi connectivity index (χ1n) is 8.61. The van der Waals surface area contributed by atoms with Crippen molar-refractivity contribution >= 4 is 27.5 Å². The van der Waals surface area contributed by atoms with Crippen LogP contribution in [0.15, 0.2) is 46.9 Å². The van der Waals surface area contributed by atoms with Crippen LogP contribution >= 0.6 is 15.9 Å². The largest absolute Gasteiger partial charge is 0.493 e. The van der Waals surface area contributed by atoms with Gasteiger partial charge in [-0.1, -0.05) is 25.1 Å². The molecule has 5 nitrogen and oxygen atoms in total. The van der Waals surface area contributed by atoms with Crippen molar-refractivity contribution in [1.29, 1.82) is 0 Å². The highest BCUT2D eigenvalue weighted by molar-refractivity contribution is 9.10. The molecule has 0 saturated heterocycles. The quantitative estimate of drug-likeness (QED) is 0.662. The van der Waals surface area contributed by atoms with Gasteiger partial charge < -0.3 is 19.7 Å². The lowest BCUT2D eigenvalue weighted by molar-refractivity contribution is 0.0954. The Balaban J connectivity index is 1.97. The monoisotopic (exact) mass is 420 g/mol. The van der Waals surface area contributed by atoms with Gasteiger partial charge in [0.15, 0.2) is 11.5 Å². The van der Waals surface area contributed by atoms with Crippen LogP contribution in [0.4, 0.5) is 5.69 Å². The molecule has 0 unspecified atom stereocenters. The molecule has 0 atom stereocenters. The number of nitrogens with one attached hydrogen (secondary N) is 1. The number of rotatable bonds is 9. The van der Waals surface area contributed by atoms with E-state index in [1.165, 1.54) is 0 Å². The van der Waals surface area contributed by atoms with Crippen molar-refractivity contribution < 1.29 is 14.3 Å². The summed E-state index contributed by atoms with van der Waals surface area (Å²) in [6.45, 7) is 3.88. The highest BCUT2D eigenvalue weighted by Crippen LogP contribution is 2.36. The third-order valence-electron chi connectivity index (χ3n) is 3.87. The zero-order valence-corrected chi connectivity index (χ0v) is 17.0. The molecule has 6 heteroatoms. The summed E-state index contributed by atoms with van der Waals surface area (Å²) in [5.41, 5.74) is 1.64. The van der Waals surface area contributed by atoms with Crippen LogP contribution in [0, 0.1) is 0 Å². The first kappa shape index (κ1) is 20.1. The predicted octanol–water partition coefficient (Wildman–Crippen LogP) is 4.11. The van der Waals surface area contributed by atoms with Gasteiger partial charge in [0, 0.05) is 31.4 Å². The van der Waals surface area contributed by atoms with Gasteiger partial charge in [-0.3, -0.25) is 4.79 Å². The Morgan fingerprint density at radius 2 is 1.96 bits per heavy atom. The van der Waals surface area contributed by atoms with Crippen LogP contribution in [0.2, 0.25) is 0 Å². The summed E-state index contributed by atoms with van der Waals surface area (Å²) in [6.07, 6.45) is 0.896. The van der Waals surface area contributed by atoms with Crippen LogP contribution in [0.3, 0.4) is 0 Å². The van der Waals surface area contributed by atoms with Gasteiger partial charge in [-0.05, 0) is 46.6 Å². The Bertz CT molecular complexity index is 722. The average Bonchev–Trinajstić information content (AvgIpc) is 2.66. The minimum atomic E-state index is -0.146. The summed E-state index contributed by atoms with van der Waals surface area (Å²) >= 11 is 3.47. The predicted molar refractivity (Wildman–Crippen MR) is 109 cm³/mol. The molecule has 0 radical (unpaired) electrons. The molecule has 26 heavy (non-hydrogen) atoms. The Morgan fingerprint density at radius 1 is 1.23 bits per heavy atom. The van der Waals surface area contributed by atoms with E-state index in [0.29, 0.717) is 41.2 Å². The lowest BCUT2D eigenvalue weighted by atomic mass is 10.2. The summed E-state index contributed by atoms with van der Waals surface area (Å²) < 4.78 is 11.8. The molecule has 0 aromatic heterocycles. The van der Waals surface area contributed by atoms with Gasteiger partial charge in [-0.15, -0.1) is 0 Å². The summed E-state index contributed by atoms with van der Waals surface area (Å²) in [7, 11) is 3.57. The molecule has 0 aliphatic rings. The molecule has 0 fully saturated rings. The molecule has 140 valence electrons. The standard InChI is InChI=1S/C20H25BrN2O3/c1-4-12-26-19-17(21)13-15(14-18(19)25-3)20(24)22-10-11-23(2)16-8-6-5-7-9-16/h5-9,13-14H,4,10-12H2,1-3H3,(H,22,24). The van der Waals surface area contributed by atoms with Crippen molar-refractivity contribution in [3.63, 3.8) is 0 Å². The maximum atomic E-state index is 12.5. The maximum Gasteiger partial charge on any atom is 0.251 e. The Hall–Kier alpha value is -2.21. The topological polar surface area (TPSA) is 50.8 Å². The van der Waals surface area contributed by atoms with Crippen LogP contribution in [0.1, 0.15) is 23.7 Å². The van der Waals surface area contributed by atoms with Crippen LogP contribution in [0.25, 0.3) is 0 Å². The van der Waals surface area contributed by atoms with E-state index in [1.807, 2.05) is 44.3 Å². The molecule has 0 saturated carbocycles. The van der Waals surface area contributed by atoms with E-state index in [2.05, 4.69) is 26.1 Å². The van der Waals surface area contributed by atoms with Gasteiger partial charge in [0.2, 0.25) is 0 Å². The lowest BCUT2D eigenvalue weighted by Gasteiger charge is -2.19. The van der Waals surface area contributed by atoms with Crippen LogP contribution < -0.4 is 19.7 Å². The zero-order valence-electron chi connectivity index (χ0n) is 15.4. The molecule has 1 N–H and O–H groups in total. The number of hydrogen-bond acceptors (Lipinski definition) is 4. The summed E-state index contributed by atoms with van der Waals surface area (Å²) in [4.78, 5) is 14.6. The summed E-state index contributed by atoms with van der Waals surface area (Å²) in [5, 5.41) is 2.94. The zero-order chi connectivity index (χ0) is 18.9. The molecule has 1 amide bonds. The second kappa shape index (κ2) is 10.1. The molecule has 0 spiro atoms. The van der Waals surface area contributed by atoms with E-state index < -0.39 is 0 Å². The molecule has 2 rings (SSSR count). The fraction of sp³-hybridized carbons (Fsp3) is 0.350. The number of benzene rings is 2. The van der Waals surface area contributed by atoms with Gasteiger partial charge in [0.1, 0.15) is 0 Å². The Labute approximate surface area is 163 Å². The molecule has 0 aliphatic heterocycles. The van der Waals surface area contributed by atoms with Crippen LogP contribution in [0.5, 0.6) is 11.5 Å². The average molecular weight is 421 g/mol. The molecule has 0 aliphatic carbocycles. The molecule has 0 heterocycles. The summed E-state index contributed by atoms with van der Waals surface area (Å²) in [5.74, 6) is 1.02. The second-order valence-electron chi connectivity index (χ2n) is 5.85. The number of carbonyl (C=O) groups is 1. The number of para-hydroxylation sites is 1. The van der Waals surface area contributed by atoms with Crippen LogP contribution in [-0.2, 0) is 0 Å². The number of methoxy groups -OCH3 is 1. The number of carbonyl (C=O) groups excluding carboxylic acids is 1. The smallest absolute Gasteiger partial charge is 0.251 e. The van der Waals surface area contributed by atoms with E-state index in [-0.39, 0.29) is 5.91 Å². The number of hydrogen-bond donors (Lipinski definition) is 1. The van der Waals surface area contributed by atoms with E-state index in [9.17, 15) is 4.79 Å². The molecule has 2 aromatic carbocycles. The SMILES string of the molecule is CCCOc1c(Br)cc(C(=O)NCCN(C)c2ccccc2)cc1OC. The van der Waals surface area contributed by atoms with E-state index in [0.717, 1.165) is 12.1 Å². The lowest BCUT2D eigenvalue weighted by Crippen LogP contribution is -2.33. The van der Waals surface area contributed by atoms with Crippen molar-refractivity contribution in [3.8, 4) is 11.5 Å². The second-order valence-corrected chi connectivity index (χ2v) is 6.71. The normalized spacial score (nSPS) is 10.3. The van der Waals surface area contributed by atoms with Gasteiger partial charge in [-0.2, -0.15) is 0 Å².